The van der Waals surface area contributed by atoms with Crippen molar-refractivity contribution in [1.29, 1.82) is 0 Å². The minimum absolute atomic E-state index is 0. The second-order valence-electron chi connectivity index (χ2n) is 8.03. The second-order valence-corrected chi connectivity index (χ2v) is 8.03. The van der Waals surface area contributed by atoms with Crippen LogP contribution in [0.5, 0.6) is 0 Å². The van der Waals surface area contributed by atoms with Crippen LogP contribution in [0.25, 0.3) is 0 Å². The third-order valence-corrected chi connectivity index (χ3v) is 6.73. The zero-order valence-corrected chi connectivity index (χ0v) is 15.6. The Labute approximate surface area is 152 Å². The SMILES string of the molecule is CC/C=C(\[O-])O[C@@H]1C2(O[C@@H](C)[C@@H](C)O2)[C@H]2CC[C@]1(C)C2(C)C.[Li+]. The first kappa shape index (κ1) is 19.2. The summed E-state index contributed by atoms with van der Waals surface area (Å²) in [5.41, 5.74) is -0.0906. The van der Waals surface area contributed by atoms with Gasteiger partial charge in [-0.3, -0.25) is 0 Å². The van der Waals surface area contributed by atoms with E-state index < -0.39 is 5.79 Å². The zero-order chi connectivity index (χ0) is 16.3. The summed E-state index contributed by atoms with van der Waals surface area (Å²) >= 11 is 0. The van der Waals surface area contributed by atoms with Gasteiger partial charge in [0.15, 0.2) is 5.79 Å². The monoisotopic (exact) mass is 316 g/mol. The molecular formula is C18H29LiO4. The molecule has 4 nitrogen and oxygen atoms in total. The fourth-order valence-electron chi connectivity index (χ4n) is 4.96. The number of rotatable bonds is 3. The Hall–Kier alpha value is -0.143. The maximum Gasteiger partial charge on any atom is 1.00 e. The molecule has 5 heteroatoms. The number of fused-ring (bicyclic) bond motifs is 3. The van der Waals surface area contributed by atoms with Gasteiger partial charge in [0.1, 0.15) is 0 Å². The molecule has 0 radical (unpaired) electrons. The van der Waals surface area contributed by atoms with Crippen molar-refractivity contribution in [3.05, 3.63) is 12.0 Å². The van der Waals surface area contributed by atoms with Crippen LogP contribution in [0.4, 0.5) is 0 Å². The van der Waals surface area contributed by atoms with Crippen molar-refractivity contribution >= 4 is 0 Å². The van der Waals surface area contributed by atoms with E-state index in [0.717, 1.165) is 12.8 Å². The Bertz CT molecular complexity index is 479. The van der Waals surface area contributed by atoms with Crippen LogP contribution in [0.15, 0.2) is 12.0 Å². The molecule has 0 aromatic heterocycles. The summed E-state index contributed by atoms with van der Waals surface area (Å²) in [4.78, 5) is 0. The van der Waals surface area contributed by atoms with Crippen LogP contribution in [0.3, 0.4) is 0 Å². The first-order valence-corrected chi connectivity index (χ1v) is 8.58. The van der Waals surface area contributed by atoms with Gasteiger partial charge in [-0.25, -0.2) is 0 Å². The molecule has 23 heavy (non-hydrogen) atoms. The van der Waals surface area contributed by atoms with Crippen molar-refractivity contribution in [1.82, 2.24) is 0 Å². The first-order valence-electron chi connectivity index (χ1n) is 8.58. The van der Waals surface area contributed by atoms with E-state index in [4.69, 9.17) is 14.2 Å². The van der Waals surface area contributed by atoms with Crippen LogP contribution in [-0.4, -0.2) is 24.1 Å². The van der Waals surface area contributed by atoms with E-state index in [9.17, 15) is 5.11 Å². The third kappa shape index (κ3) is 2.41. The number of hydrogen-bond acceptors (Lipinski definition) is 4. The van der Waals surface area contributed by atoms with Crippen LogP contribution >= 0.6 is 0 Å². The van der Waals surface area contributed by atoms with Gasteiger partial charge in [0.2, 0.25) is 0 Å². The molecule has 0 N–H and O–H groups in total. The molecule has 1 unspecified atom stereocenters. The van der Waals surface area contributed by atoms with Crippen molar-refractivity contribution in [3.8, 4) is 0 Å². The molecule has 126 valence electrons. The van der Waals surface area contributed by atoms with Crippen LogP contribution in [0, 0.1) is 16.7 Å². The van der Waals surface area contributed by atoms with Crippen molar-refractivity contribution in [3.63, 3.8) is 0 Å². The average Bonchev–Trinajstić information content (AvgIpc) is 2.87. The Morgan fingerprint density at radius 1 is 1.22 bits per heavy atom. The van der Waals surface area contributed by atoms with Crippen molar-refractivity contribution in [2.75, 3.05) is 0 Å². The van der Waals surface area contributed by atoms with Gasteiger partial charge in [0.05, 0.1) is 18.3 Å². The summed E-state index contributed by atoms with van der Waals surface area (Å²) in [6.07, 6.45) is 4.09. The minimum Gasteiger partial charge on any atom is -0.604 e. The molecule has 3 fully saturated rings. The van der Waals surface area contributed by atoms with Crippen LogP contribution < -0.4 is 24.0 Å². The maximum absolute atomic E-state index is 12.1. The molecule has 3 aliphatic rings. The van der Waals surface area contributed by atoms with Gasteiger partial charge >= 0.3 is 18.9 Å². The maximum atomic E-state index is 12.1. The average molecular weight is 316 g/mol. The molecule has 2 aliphatic carbocycles. The molecular weight excluding hydrogens is 287 g/mol. The third-order valence-electron chi connectivity index (χ3n) is 6.73. The largest absolute Gasteiger partial charge is 1.00 e. The van der Waals surface area contributed by atoms with Crippen molar-refractivity contribution in [2.24, 2.45) is 16.7 Å². The van der Waals surface area contributed by atoms with Gasteiger partial charge in [-0.15, -0.1) is 0 Å². The van der Waals surface area contributed by atoms with Gasteiger partial charge in [-0.05, 0) is 43.9 Å². The van der Waals surface area contributed by atoms with Crippen molar-refractivity contribution in [2.45, 2.75) is 84.9 Å². The molecule has 1 aliphatic heterocycles. The van der Waals surface area contributed by atoms with E-state index in [1.165, 1.54) is 0 Å². The van der Waals surface area contributed by atoms with Crippen LogP contribution in [0.2, 0.25) is 0 Å². The van der Waals surface area contributed by atoms with E-state index in [-0.39, 0.29) is 59.9 Å². The van der Waals surface area contributed by atoms with Crippen LogP contribution in [-0.2, 0) is 14.2 Å². The summed E-state index contributed by atoms with van der Waals surface area (Å²) in [5.74, 6) is -0.764. The van der Waals surface area contributed by atoms with Gasteiger partial charge in [-0.2, -0.15) is 0 Å². The standard InChI is InChI=1S/C18H30O4.Li/c1-7-8-14(19)20-15-17(6)10-9-13(16(17,4)5)18(15)21-11(2)12(3)22-18;/h8,11-13,15,19H,7,9-10H2,1-6H3;/q;+1/p-1/b14-8+;/t11-,12+,13-,15-,17-,18?;/m0./s1. The number of allylic oxidation sites excluding steroid dienone is 1. The molecule has 3 rings (SSSR count). The second kappa shape index (κ2) is 5.99. The predicted octanol–water partition coefficient (Wildman–Crippen LogP) is -0.0365. The fraction of sp³-hybridized carbons (Fsp3) is 0.889. The summed E-state index contributed by atoms with van der Waals surface area (Å²) in [6, 6.07) is 0. The molecule has 0 aromatic carbocycles. The van der Waals surface area contributed by atoms with E-state index in [2.05, 4.69) is 20.8 Å². The van der Waals surface area contributed by atoms with E-state index in [0.29, 0.717) is 6.42 Å². The first-order chi connectivity index (χ1) is 10.2. The quantitative estimate of drug-likeness (QED) is 0.542. The zero-order valence-electron chi connectivity index (χ0n) is 15.6. The number of ether oxygens (including phenoxy) is 3. The molecule has 1 spiro atoms. The molecule has 0 amide bonds. The number of hydrogen-bond donors (Lipinski definition) is 0. The normalized spacial score (nSPS) is 47.8. The van der Waals surface area contributed by atoms with E-state index in [1.807, 2.05) is 20.8 Å². The minimum atomic E-state index is -0.771. The predicted molar refractivity (Wildman–Crippen MR) is 81.7 cm³/mol. The smallest absolute Gasteiger partial charge is 0.604 e. The van der Waals surface area contributed by atoms with E-state index >= 15 is 0 Å². The fourth-order valence-corrected chi connectivity index (χ4v) is 4.96. The summed E-state index contributed by atoms with van der Waals surface area (Å²) in [6.45, 7) is 12.8. The molecule has 2 bridgehead atoms. The molecule has 6 atom stereocenters. The molecule has 1 heterocycles. The van der Waals surface area contributed by atoms with Gasteiger partial charge in [-0.1, -0.05) is 33.8 Å². The van der Waals surface area contributed by atoms with E-state index in [1.54, 1.807) is 6.08 Å². The van der Waals surface area contributed by atoms with Gasteiger partial charge in [0.25, 0.3) is 0 Å². The molecule has 2 saturated carbocycles. The summed E-state index contributed by atoms with van der Waals surface area (Å²) in [5, 5.41) is 12.1. The Balaban J connectivity index is 0.00000192. The Morgan fingerprint density at radius 2 is 1.78 bits per heavy atom. The Morgan fingerprint density at radius 3 is 2.30 bits per heavy atom. The molecule has 1 saturated heterocycles. The van der Waals surface area contributed by atoms with Gasteiger partial charge in [0, 0.05) is 11.9 Å². The summed E-state index contributed by atoms with van der Waals surface area (Å²) < 4.78 is 18.6. The van der Waals surface area contributed by atoms with Gasteiger partial charge < -0.3 is 19.3 Å². The molecule has 0 aromatic rings. The summed E-state index contributed by atoms with van der Waals surface area (Å²) in [7, 11) is 0. The van der Waals surface area contributed by atoms with Crippen molar-refractivity contribution < 1.29 is 38.2 Å². The Kier molecular flexibility index (Phi) is 4.99. The topological polar surface area (TPSA) is 50.8 Å². The van der Waals surface area contributed by atoms with Crippen LogP contribution in [0.1, 0.15) is 60.8 Å².